The van der Waals surface area contributed by atoms with Gasteiger partial charge >= 0.3 is 6.18 Å². The molecule has 12 heteroatoms. The third kappa shape index (κ3) is 4.29. The number of alkyl halides is 3. The van der Waals surface area contributed by atoms with Gasteiger partial charge in [-0.25, -0.2) is 4.39 Å². The largest absolute Gasteiger partial charge is 0.493 e. The molecule has 7 nitrogen and oxygen atoms in total. The summed E-state index contributed by atoms with van der Waals surface area (Å²) in [6.07, 6.45) is -5.58. The predicted octanol–water partition coefficient (Wildman–Crippen LogP) is 3.94. The van der Waals surface area contributed by atoms with E-state index in [0.717, 1.165) is 32.2 Å². The van der Waals surface area contributed by atoms with Gasteiger partial charge in [-0.1, -0.05) is 13.0 Å². The highest BCUT2D eigenvalue weighted by atomic mass is 19.4. The maximum absolute atomic E-state index is 14.5. The number of amides is 2. The second-order valence-electron chi connectivity index (χ2n) is 7.95. The Bertz CT molecular complexity index is 1110. The van der Waals surface area contributed by atoms with Gasteiger partial charge in [0.15, 0.2) is 17.2 Å². The molecule has 1 aliphatic rings. The van der Waals surface area contributed by atoms with E-state index in [1.54, 1.807) is 0 Å². The number of carbonyl (C=O) groups excluding carboxylic acids is 2. The van der Waals surface area contributed by atoms with Crippen LogP contribution < -0.4 is 15.8 Å². The number of benzene rings is 1. The van der Waals surface area contributed by atoms with E-state index in [4.69, 9.17) is 15.2 Å². The van der Waals surface area contributed by atoms with Crippen LogP contribution >= 0.6 is 0 Å². The number of nitrogens with two attached hydrogens (primary N) is 1. The van der Waals surface area contributed by atoms with Crippen molar-refractivity contribution in [1.29, 1.82) is 0 Å². The number of carbonyl (C=O) groups is 2. The Balaban J connectivity index is 2.11. The number of nitrogens with zero attached hydrogens (tertiary/aromatic N) is 1. The monoisotopic (exact) mass is 487 g/mol. The molecule has 1 fully saturated rings. The highest BCUT2D eigenvalue weighted by molar-refractivity contribution is 5.97. The molecule has 1 saturated heterocycles. The number of hydrogen-bond donors (Lipinski definition) is 2. The molecule has 2 heterocycles. The van der Waals surface area contributed by atoms with Gasteiger partial charge in [0.05, 0.1) is 7.11 Å². The fourth-order valence-corrected chi connectivity index (χ4v) is 4.37. The molecule has 0 spiro atoms. The van der Waals surface area contributed by atoms with Gasteiger partial charge in [0, 0.05) is 29.3 Å². The fourth-order valence-electron chi connectivity index (χ4n) is 4.37. The average molecular weight is 487 g/mol. The Labute approximate surface area is 191 Å². The molecule has 34 heavy (non-hydrogen) atoms. The molecule has 2 aromatic rings. The van der Waals surface area contributed by atoms with Crippen molar-refractivity contribution in [2.45, 2.75) is 44.1 Å². The molecule has 0 aliphatic carbocycles. The number of nitrogens with one attached hydrogen (secondary N) is 1. The van der Waals surface area contributed by atoms with Gasteiger partial charge in [0.2, 0.25) is 5.82 Å². The third-order valence-electron chi connectivity index (χ3n) is 6.02. The second-order valence-corrected chi connectivity index (χ2v) is 7.95. The van der Waals surface area contributed by atoms with Crippen LogP contribution in [0.15, 0.2) is 30.5 Å². The minimum atomic E-state index is -4.89. The van der Waals surface area contributed by atoms with E-state index in [1.165, 1.54) is 19.2 Å². The summed E-state index contributed by atoms with van der Waals surface area (Å²) < 4.78 is 80.9. The zero-order chi connectivity index (χ0) is 25.4. The molecule has 1 aromatic carbocycles. The molecule has 1 aliphatic heterocycles. The maximum Gasteiger partial charge on any atom is 0.417 e. The molecule has 0 radical (unpaired) electrons. The van der Waals surface area contributed by atoms with Crippen molar-refractivity contribution in [2.75, 3.05) is 12.4 Å². The van der Waals surface area contributed by atoms with Crippen LogP contribution in [-0.4, -0.2) is 41.8 Å². The van der Waals surface area contributed by atoms with Crippen LogP contribution in [0.5, 0.6) is 5.75 Å². The summed E-state index contributed by atoms with van der Waals surface area (Å²) in [7, 11) is 1.04. The van der Waals surface area contributed by atoms with Crippen LogP contribution in [0, 0.1) is 17.6 Å². The molecule has 4 atom stereocenters. The van der Waals surface area contributed by atoms with Gasteiger partial charge in [-0.2, -0.15) is 17.6 Å². The number of halogens is 5. The van der Waals surface area contributed by atoms with Crippen molar-refractivity contribution >= 4 is 17.5 Å². The van der Waals surface area contributed by atoms with Crippen LogP contribution in [0.4, 0.5) is 27.6 Å². The molecular weight excluding hydrogens is 465 g/mol. The quantitative estimate of drug-likeness (QED) is 0.601. The van der Waals surface area contributed by atoms with Crippen LogP contribution in [0.3, 0.4) is 0 Å². The first-order chi connectivity index (χ1) is 15.9. The lowest BCUT2D eigenvalue weighted by molar-refractivity contribution is -0.274. The third-order valence-corrected chi connectivity index (χ3v) is 6.02. The van der Waals surface area contributed by atoms with Crippen LogP contribution in [0.1, 0.15) is 42.2 Å². The van der Waals surface area contributed by atoms with Gasteiger partial charge in [0.25, 0.3) is 11.8 Å². The van der Waals surface area contributed by atoms with Crippen LogP contribution in [0.25, 0.3) is 0 Å². The first-order valence-corrected chi connectivity index (χ1v) is 10.2. The molecule has 0 bridgehead atoms. The summed E-state index contributed by atoms with van der Waals surface area (Å²) >= 11 is 0. The van der Waals surface area contributed by atoms with E-state index in [2.05, 4.69) is 10.3 Å². The van der Waals surface area contributed by atoms with E-state index >= 15 is 0 Å². The molecule has 3 rings (SSSR count). The molecular formula is C22H22F5N3O4. The Hall–Kier alpha value is -3.28. The number of rotatable bonds is 6. The Kier molecular flexibility index (Phi) is 6.83. The molecule has 184 valence electrons. The van der Waals surface area contributed by atoms with Gasteiger partial charge in [-0.05, 0) is 31.5 Å². The summed E-state index contributed by atoms with van der Waals surface area (Å²) in [6.45, 7) is 2.28. The molecule has 3 N–H and O–H groups in total. The molecule has 0 unspecified atom stereocenters. The minimum Gasteiger partial charge on any atom is -0.493 e. The highest BCUT2D eigenvalue weighted by Gasteiger charge is 2.66. The number of hydrogen-bond acceptors (Lipinski definition) is 5. The Morgan fingerprint density at radius 1 is 1.26 bits per heavy atom. The van der Waals surface area contributed by atoms with E-state index in [-0.39, 0.29) is 23.4 Å². The van der Waals surface area contributed by atoms with E-state index in [1.807, 2.05) is 0 Å². The van der Waals surface area contributed by atoms with Crippen molar-refractivity contribution < 1.29 is 41.0 Å². The van der Waals surface area contributed by atoms with Crippen molar-refractivity contribution in [1.82, 2.24) is 4.98 Å². The number of ether oxygens (including phenoxy) is 2. The average Bonchev–Trinajstić information content (AvgIpc) is 3.09. The number of pyridine rings is 1. The fraction of sp³-hybridized carbons (Fsp3) is 0.409. The molecule has 0 saturated carbocycles. The van der Waals surface area contributed by atoms with Crippen molar-refractivity contribution in [3.05, 3.63) is 53.4 Å². The number of aromatic nitrogens is 1. The van der Waals surface area contributed by atoms with Crippen molar-refractivity contribution in [3.63, 3.8) is 0 Å². The van der Waals surface area contributed by atoms with Crippen molar-refractivity contribution in [3.8, 4) is 5.75 Å². The van der Waals surface area contributed by atoms with E-state index in [0.29, 0.717) is 0 Å². The SMILES string of the molecule is CC[C@H]1[C@H](c2ccc(F)c(F)c2OC)[C@@H](C(=O)Nc2ccnc(C(N)=O)c2)O[C@@]1(C)C(F)(F)F. The summed E-state index contributed by atoms with van der Waals surface area (Å²) in [5, 5.41) is 2.39. The lowest BCUT2D eigenvalue weighted by atomic mass is 9.74. The second kappa shape index (κ2) is 9.16. The lowest BCUT2D eigenvalue weighted by Gasteiger charge is -2.33. The summed E-state index contributed by atoms with van der Waals surface area (Å²) in [6, 6.07) is 4.27. The van der Waals surface area contributed by atoms with Gasteiger partial charge in [0.1, 0.15) is 11.8 Å². The number of primary amides is 1. The Morgan fingerprint density at radius 3 is 2.50 bits per heavy atom. The zero-order valence-electron chi connectivity index (χ0n) is 18.4. The summed E-state index contributed by atoms with van der Waals surface area (Å²) in [4.78, 5) is 28.2. The maximum atomic E-state index is 14.5. The number of anilines is 1. The minimum absolute atomic E-state index is 0.0297. The lowest BCUT2D eigenvalue weighted by Crippen LogP contribution is -2.48. The van der Waals surface area contributed by atoms with Gasteiger partial charge in [-0.3, -0.25) is 14.6 Å². The highest BCUT2D eigenvalue weighted by Crippen LogP contribution is 2.56. The van der Waals surface area contributed by atoms with Gasteiger partial charge < -0.3 is 20.5 Å². The normalized spacial score (nSPS) is 24.6. The number of methoxy groups -OCH3 is 1. The first kappa shape index (κ1) is 25.3. The topological polar surface area (TPSA) is 104 Å². The smallest absolute Gasteiger partial charge is 0.417 e. The standard InChI is InChI=1S/C22H22F5N3O4/c1-4-12-15(11-5-6-13(23)16(24)17(11)33-3)18(34-21(12,2)22(25,26)27)20(32)30-10-7-8-29-14(9-10)19(28)31/h5-9,12,15,18H,4H2,1-3H3,(H2,28,31)(H,29,30,32)/t12-,15-,18-,21+/m0/s1. The van der Waals surface area contributed by atoms with Crippen LogP contribution in [0.2, 0.25) is 0 Å². The summed E-state index contributed by atoms with van der Waals surface area (Å²) in [5.74, 6) is -7.84. The van der Waals surface area contributed by atoms with Crippen LogP contribution in [-0.2, 0) is 9.53 Å². The molecule has 1 aromatic heterocycles. The van der Waals surface area contributed by atoms with E-state index < -0.39 is 58.9 Å². The van der Waals surface area contributed by atoms with Crippen molar-refractivity contribution in [2.24, 2.45) is 11.7 Å². The Morgan fingerprint density at radius 2 is 1.94 bits per heavy atom. The zero-order valence-corrected chi connectivity index (χ0v) is 18.4. The van der Waals surface area contributed by atoms with Gasteiger partial charge in [-0.15, -0.1) is 0 Å². The van der Waals surface area contributed by atoms with E-state index in [9.17, 15) is 31.5 Å². The molecule has 2 amide bonds. The predicted molar refractivity (Wildman–Crippen MR) is 110 cm³/mol. The first-order valence-electron chi connectivity index (χ1n) is 10.2. The summed E-state index contributed by atoms with van der Waals surface area (Å²) in [5.41, 5.74) is 2.09.